The lowest BCUT2D eigenvalue weighted by Gasteiger charge is -2.29. The molecule has 18 heavy (non-hydrogen) atoms. The quantitative estimate of drug-likeness (QED) is 0.847. The summed E-state index contributed by atoms with van der Waals surface area (Å²) in [5.41, 5.74) is 0.492. The molecule has 0 aliphatic rings. The summed E-state index contributed by atoms with van der Waals surface area (Å²) in [6.07, 6.45) is 0.723. The van der Waals surface area contributed by atoms with E-state index in [1.54, 1.807) is 13.2 Å². The molecule has 1 unspecified atom stereocenters. The van der Waals surface area contributed by atoms with Gasteiger partial charge in [-0.25, -0.2) is 4.39 Å². The van der Waals surface area contributed by atoms with Crippen LogP contribution in [-0.2, 0) is 4.74 Å². The summed E-state index contributed by atoms with van der Waals surface area (Å²) < 4.78 is 18.8. The monoisotopic (exact) mass is 273 g/mol. The third-order valence-electron chi connectivity index (χ3n) is 3.03. The summed E-state index contributed by atoms with van der Waals surface area (Å²) in [5, 5.41) is 3.90. The van der Waals surface area contributed by atoms with Crippen LogP contribution in [0, 0.1) is 5.82 Å². The van der Waals surface area contributed by atoms with E-state index in [-0.39, 0.29) is 17.5 Å². The molecule has 0 spiro atoms. The van der Waals surface area contributed by atoms with E-state index < -0.39 is 0 Å². The topological polar surface area (TPSA) is 21.3 Å². The van der Waals surface area contributed by atoms with Crippen molar-refractivity contribution in [3.8, 4) is 0 Å². The van der Waals surface area contributed by atoms with Crippen LogP contribution in [0.1, 0.15) is 38.8 Å². The van der Waals surface area contributed by atoms with Gasteiger partial charge in [-0.1, -0.05) is 18.5 Å². The van der Waals surface area contributed by atoms with Gasteiger partial charge in [-0.3, -0.25) is 0 Å². The molecule has 1 aromatic carbocycles. The Hall–Kier alpha value is -0.640. The van der Waals surface area contributed by atoms with E-state index in [1.807, 2.05) is 20.8 Å². The van der Waals surface area contributed by atoms with Gasteiger partial charge in [-0.05, 0) is 50.6 Å². The van der Waals surface area contributed by atoms with Crippen molar-refractivity contribution < 1.29 is 9.13 Å². The molecule has 102 valence electrons. The standard InChI is InChI=1S/C14H21ClFNO/c1-5-17-13(9-14(2,3)18-4)11-8-10(16)6-7-12(11)15/h6-8,13,17H,5,9H2,1-4H3. The average Bonchev–Trinajstić information content (AvgIpc) is 2.31. The lowest BCUT2D eigenvalue weighted by atomic mass is 9.93. The zero-order valence-electron chi connectivity index (χ0n) is 11.4. The van der Waals surface area contributed by atoms with E-state index in [1.165, 1.54) is 12.1 Å². The number of hydrogen-bond acceptors (Lipinski definition) is 2. The first-order valence-electron chi connectivity index (χ1n) is 6.13. The van der Waals surface area contributed by atoms with Gasteiger partial charge < -0.3 is 10.1 Å². The molecule has 0 aliphatic heterocycles. The Bertz CT molecular complexity index is 395. The van der Waals surface area contributed by atoms with Crippen molar-refractivity contribution in [2.75, 3.05) is 13.7 Å². The second kappa shape index (κ2) is 6.50. The minimum Gasteiger partial charge on any atom is -0.379 e. The van der Waals surface area contributed by atoms with Crippen LogP contribution in [-0.4, -0.2) is 19.3 Å². The third-order valence-corrected chi connectivity index (χ3v) is 3.38. The van der Waals surface area contributed by atoms with Crippen LogP contribution in [0.2, 0.25) is 5.02 Å². The first-order chi connectivity index (χ1) is 8.39. The third kappa shape index (κ3) is 4.23. The van der Waals surface area contributed by atoms with Gasteiger partial charge in [0.15, 0.2) is 0 Å². The second-order valence-electron chi connectivity index (χ2n) is 4.94. The lowest BCUT2D eigenvalue weighted by Crippen LogP contribution is -2.32. The molecule has 0 heterocycles. The SMILES string of the molecule is CCNC(CC(C)(C)OC)c1cc(F)ccc1Cl. The van der Waals surface area contributed by atoms with Crippen LogP contribution in [0.25, 0.3) is 0 Å². The predicted octanol–water partition coefficient (Wildman–Crippen LogP) is 3.94. The van der Waals surface area contributed by atoms with Gasteiger partial charge in [0.2, 0.25) is 0 Å². The molecule has 1 atom stereocenters. The molecule has 0 saturated carbocycles. The Kier molecular flexibility index (Phi) is 5.57. The molecule has 2 nitrogen and oxygen atoms in total. The zero-order valence-corrected chi connectivity index (χ0v) is 12.1. The fraction of sp³-hybridized carbons (Fsp3) is 0.571. The molecular weight excluding hydrogens is 253 g/mol. The second-order valence-corrected chi connectivity index (χ2v) is 5.35. The van der Waals surface area contributed by atoms with Gasteiger partial charge in [0.05, 0.1) is 5.60 Å². The van der Waals surface area contributed by atoms with E-state index >= 15 is 0 Å². The molecule has 0 aliphatic carbocycles. The molecule has 0 amide bonds. The maximum atomic E-state index is 13.3. The number of halogens is 2. The number of rotatable bonds is 6. The highest BCUT2D eigenvalue weighted by Crippen LogP contribution is 2.31. The Labute approximate surface area is 113 Å². The minimum absolute atomic E-state index is 0.0202. The smallest absolute Gasteiger partial charge is 0.123 e. The molecule has 1 rings (SSSR count). The van der Waals surface area contributed by atoms with E-state index in [0.29, 0.717) is 5.02 Å². The fourth-order valence-electron chi connectivity index (χ4n) is 1.90. The minimum atomic E-state index is -0.289. The molecule has 4 heteroatoms. The highest BCUT2D eigenvalue weighted by atomic mass is 35.5. The van der Waals surface area contributed by atoms with Gasteiger partial charge >= 0.3 is 0 Å². The Morgan fingerprint density at radius 1 is 1.44 bits per heavy atom. The first kappa shape index (κ1) is 15.4. The predicted molar refractivity (Wildman–Crippen MR) is 73.5 cm³/mol. The van der Waals surface area contributed by atoms with Crippen molar-refractivity contribution in [1.29, 1.82) is 0 Å². The van der Waals surface area contributed by atoms with Gasteiger partial charge in [-0.2, -0.15) is 0 Å². The number of methoxy groups -OCH3 is 1. The molecule has 0 bridgehead atoms. The maximum Gasteiger partial charge on any atom is 0.123 e. The summed E-state index contributed by atoms with van der Waals surface area (Å²) in [7, 11) is 1.68. The summed E-state index contributed by atoms with van der Waals surface area (Å²) in [6.45, 7) is 6.81. The molecular formula is C14H21ClFNO. The molecule has 0 aromatic heterocycles. The highest BCUT2D eigenvalue weighted by Gasteiger charge is 2.25. The number of nitrogens with one attached hydrogen (secondary N) is 1. The van der Waals surface area contributed by atoms with Gasteiger partial charge in [-0.15, -0.1) is 0 Å². The summed E-state index contributed by atoms with van der Waals surface area (Å²) >= 11 is 6.15. The van der Waals surface area contributed by atoms with Crippen LogP contribution >= 0.6 is 11.6 Å². The van der Waals surface area contributed by atoms with E-state index in [2.05, 4.69) is 5.32 Å². The van der Waals surface area contributed by atoms with E-state index in [4.69, 9.17) is 16.3 Å². The first-order valence-corrected chi connectivity index (χ1v) is 6.51. The molecule has 0 saturated heterocycles. The molecule has 1 aromatic rings. The van der Waals surface area contributed by atoms with Crippen molar-refractivity contribution in [3.05, 3.63) is 34.6 Å². The van der Waals surface area contributed by atoms with E-state index in [0.717, 1.165) is 18.5 Å². The van der Waals surface area contributed by atoms with Crippen LogP contribution in [0.15, 0.2) is 18.2 Å². The Balaban J connectivity index is 3.00. The number of benzene rings is 1. The fourth-order valence-corrected chi connectivity index (χ4v) is 2.14. The summed E-state index contributed by atoms with van der Waals surface area (Å²) in [6, 6.07) is 4.43. The van der Waals surface area contributed by atoms with Crippen molar-refractivity contribution in [3.63, 3.8) is 0 Å². The lowest BCUT2D eigenvalue weighted by molar-refractivity contribution is 0.00696. The van der Waals surface area contributed by atoms with Gasteiger partial charge in [0, 0.05) is 18.2 Å². The zero-order chi connectivity index (χ0) is 13.8. The van der Waals surface area contributed by atoms with Crippen LogP contribution < -0.4 is 5.32 Å². The van der Waals surface area contributed by atoms with Crippen LogP contribution in [0.3, 0.4) is 0 Å². The largest absolute Gasteiger partial charge is 0.379 e. The van der Waals surface area contributed by atoms with E-state index in [9.17, 15) is 4.39 Å². The van der Waals surface area contributed by atoms with Gasteiger partial charge in [0.25, 0.3) is 0 Å². The van der Waals surface area contributed by atoms with Crippen molar-refractivity contribution in [2.45, 2.75) is 38.8 Å². The van der Waals surface area contributed by atoms with Crippen molar-refractivity contribution >= 4 is 11.6 Å². The summed E-state index contributed by atoms with van der Waals surface area (Å²) in [4.78, 5) is 0. The van der Waals surface area contributed by atoms with Crippen molar-refractivity contribution in [1.82, 2.24) is 5.32 Å². The molecule has 1 N–H and O–H groups in total. The highest BCUT2D eigenvalue weighted by molar-refractivity contribution is 6.31. The number of ether oxygens (including phenoxy) is 1. The summed E-state index contributed by atoms with van der Waals surface area (Å²) in [5.74, 6) is -0.271. The Morgan fingerprint density at radius 2 is 2.11 bits per heavy atom. The molecule has 0 radical (unpaired) electrons. The van der Waals surface area contributed by atoms with Crippen LogP contribution in [0.4, 0.5) is 4.39 Å². The Morgan fingerprint density at radius 3 is 2.67 bits per heavy atom. The molecule has 0 fully saturated rings. The van der Waals surface area contributed by atoms with Gasteiger partial charge in [0.1, 0.15) is 5.82 Å². The number of hydrogen-bond donors (Lipinski definition) is 1. The van der Waals surface area contributed by atoms with Crippen molar-refractivity contribution in [2.24, 2.45) is 0 Å². The normalized spacial score (nSPS) is 13.7. The van der Waals surface area contributed by atoms with Crippen LogP contribution in [0.5, 0.6) is 0 Å². The maximum absolute atomic E-state index is 13.3. The average molecular weight is 274 g/mol.